The minimum absolute atomic E-state index is 0.373. The number of nitrogens with zero attached hydrogens (tertiary/aromatic N) is 4. The van der Waals surface area contributed by atoms with E-state index in [0.717, 1.165) is 0 Å². The van der Waals surface area contributed by atoms with Crippen LogP contribution in [0.1, 0.15) is 17.4 Å². The predicted octanol–water partition coefficient (Wildman–Crippen LogP) is -0.111. The van der Waals surface area contributed by atoms with Gasteiger partial charge in [-0.3, -0.25) is 10.8 Å². The topological polar surface area (TPSA) is 98.8 Å². The van der Waals surface area contributed by atoms with Crippen molar-refractivity contribution in [1.82, 2.24) is 25.0 Å². The number of aromatic nitrogens is 4. The summed E-state index contributed by atoms with van der Waals surface area (Å²) >= 11 is 1.25. The first-order chi connectivity index (χ1) is 7.86. The second-order valence-electron chi connectivity index (χ2n) is 2.88. The Hall–Kier alpha value is -1.64. The van der Waals surface area contributed by atoms with Crippen molar-refractivity contribution in [3.05, 3.63) is 29.2 Å². The van der Waals surface area contributed by atoms with Gasteiger partial charge in [0.25, 0.3) is 0 Å². The summed E-state index contributed by atoms with van der Waals surface area (Å²) in [5, 5.41) is 5.73. The van der Waals surface area contributed by atoms with Gasteiger partial charge in [-0.05, 0) is 11.5 Å². The van der Waals surface area contributed by atoms with Crippen LogP contribution >= 0.6 is 11.5 Å². The molecule has 0 fully saturated rings. The smallest absolute Gasteiger partial charge is 0.237 e. The maximum atomic E-state index is 5.48. The summed E-state index contributed by atoms with van der Waals surface area (Å²) in [6.45, 7) is 0. The molecule has 0 saturated carbocycles. The normalized spacial score (nSPS) is 12.4. The molecule has 2 aromatic rings. The first-order valence-corrected chi connectivity index (χ1v) is 5.28. The van der Waals surface area contributed by atoms with Gasteiger partial charge < -0.3 is 4.74 Å². The van der Waals surface area contributed by atoms with Crippen LogP contribution in [0.25, 0.3) is 0 Å². The Bertz CT molecular complexity index is 448. The van der Waals surface area contributed by atoms with Crippen LogP contribution in [-0.4, -0.2) is 26.7 Å². The Labute approximate surface area is 95.8 Å². The van der Waals surface area contributed by atoms with Gasteiger partial charge in [-0.15, -0.1) is 5.10 Å². The number of hydrazine groups is 1. The standard InChI is InChI=1S/C8H10N6OS/c1-15-8-7(10-2-3-11-8)6(12-9)5-4-16-14-13-5/h2-4,6,12H,9H2,1H3. The van der Waals surface area contributed by atoms with E-state index in [-0.39, 0.29) is 6.04 Å². The summed E-state index contributed by atoms with van der Waals surface area (Å²) in [7, 11) is 1.53. The van der Waals surface area contributed by atoms with Crippen molar-refractivity contribution in [3.8, 4) is 5.88 Å². The summed E-state index contributed by atoms with van der Waals surface area (Å²) in [6.07, 6.45) is 3.12. The molecule has 8 heteroatoms. The van der Waals surface area contributed by atoms with Gasteiger partial charge in [0.1, 0.15) is 17.4 Å². The van der Waals surface area contributed by atoms with Gasteiger partial charge in [-0.1, -0.05) is 4.49 Å². The average Bonchev–Trinajstić information content (AvgIpc) is 2.84. The van der Waals surface area contributed by atoms with Crippen molar-refractivity contribution in [3.63, 3.8) is 0 Å². The van der Waals surface area contributed by atoms with E-state index >= 15 is 0 Å². The van der Waals surface area contributed by atoms with E-state index in [4.69, 9.17) is 10.6 Å². The molecule has 2 rings (SSSR count). The number of ether oxygens (including phenoxy) is 1. The molecule has 2 aromatic heterocycles. The molecule has 0 aliphatic heterocycles. The minimum atomic E-state index is -0.373. The van der Waals surface area contributed by atoms with Crippen LogP contribution in [0.5, 0.6) is 5.88 Å². The highest BCUT2D eigenvalue weighted by Crippen LogP contribution is 2.24. The molecule has 0 amide bonds. The van der Waals surface area contributed by atoms with Crippen LogP contribution in [0.3, 0.4) is 0 Å². The van der Waals surface area contributed by atoms with Gasteiger partial charge in [0.2, 0.25) is 5.88 Å². The van der Waals surface area contributed by atoms with E-state index in [2.05, 4.69) is 25.0 Å². The molecule has 0 aromatic carbocycles. The number of rotatable bonds is 4. The molecule has 84 valence electrons. The fourth-order valence-electron chi connectivity index (χ4n) is 1.29. The number of nitrogens with one attached hydrogen (secondary N) is 1. The molecule has 2 heterocycles. The van der Waals surface area contributed by atoms with E-state index in [1.165, 1.54) is 18.6 Å². The highest BCUT2D eigenvalue weighted by atomic mass is 32.1. The molecule has 3 N–H and O–H groups in total. The molecular weight excluding hydrogens is 228 g/mol. The summed E-state index contributed by atoms with van der Waals surface area (Å²) in [6, 6.07) is -0.373. The van der Waals surface area contributed by atoms with Crippen molar-refractivity contribution in [1.29, 1.82) is 0 Å². The summed E-state index contributed by atoms with van der Waals surface area (Å²) in [4.78, 5) is 8.23. The lowest BCUT2D eigenvalue weighted by Crippen LogP contribution is -2.30. The average molecular weight is 238 g/mol. The lowest BCUT2D eigenvalue weighted by molar-refractivity contribution is 0.382. The Morgan fingerprint density at radius 3 is 2.88 bits per heavy atom. The lowest BCUT2D eigenvalue weighted by atomic mass is 10.1. The Morgan fingerprint density at radius 2 is 2.25 bits per heavy atom. The summed E-state index contributed by atoms with van der Waals surface area (Å²) in [5.41, 5.74) is 3.89. The van der Waals surface area contributed by atoms with Gasteiger partial charge >= 0.3 is 0 Å². The van der Waals surface area contributed by atoms with Gasteiger partial charge in [-0.2, -0.15) is 0 Å². The van der Waals surface area contributed by atoms with Crippen LogP contribution in [0.2, 0.25) is 0 Å². The first-order valence-electron chi connectivity index (χ1n) is 4.44. The Morgan fingerprint density at radius 1 is 1.44 bits per heavy atom. The molecule has 0 aliphatic rings. The van der Waals surface area contributed by atoms with Crippen molar-refractivity contribution in [2.75, 3.05) is 7.11 Å². The number of nitrogens with two attached hydrogens (primary N) is 1. The second kappa shape index (κ2) is 4.92. The van der Waals surface area contributed by atoms with Crippen LogP contribution in [0, 0.1) is 0 Å². The van der Waals surface area contributed by atoms with Crippen LogP contribution in [0.4, 0.5) is 0 Å². The predicted molar refractivity (Wildman–Crippen MR) is 57.7 cm³/mol. The van der Waals surface area contributed by atoms with Crippen molar-refractivity contribution in [2.45, 2.75) is 6.04 Å². The first kappa shape index (κ1) is 10.9. The molecule has 0 saturated heterocycles. The maximum Gasteiger partial charge on any atom is 0.237 e. The van der Waals surface area contributed by atoms with Crippen molar-refractivity contribution < 1.29 is 4.74 Å². The van der Waals surface area contributed by atoms with Gasteiger partial charge in [0, 0.05) is 17.8 Å². The largest absolute Gasteiger partial charge is 0.480 e. The molecule has 0 radical (unpaired) electrons. The highest BCUT2D eigenvalue weighted by molar-refractivity contribution is 7.03. The molecule has 1 atom stereocenters. The van der Waals surface area contributed by atoms with E-state index in [9.17, 15) is 0 Å². The van der Waals surface area contributed by atoms with Gasteiger partial charge in [-0.25, -0.2) is 10.4 Å². The maximum absolute atomic E-state index is 5.48. The lowest BCUT2D eigenvalue weighted by Gasteiger charge is -2.14. The van der Waals surface area contributed by atoms with E-state index in [1.54, 1.807) is 17.8 Å². The molecule has 0 bridgehead atoms. The molecular formula is C8H10N6OS. The molecule has 0 spiro atoms. The summed E-state index contributed by atoms with van der Waals surface area (Å²) in [5.74, 6) is 5.90. The van der Waals surface area contributed by atoms with Gasteiger partial charge in [0.05, 0.1) is 7.11 Å². The molecule has 7 nitrogen and oxygen atoms in total. The van der Waals surface area contributed by atoms with E-state index < -0.39 is 0 Å². The van der Waals surface area contributed by atoms with Crippen molar-refractivity contribution >= 4 is 11.5 Å². The molecule has 16 heavy (non-hydrogen) atoms. The number of hydrogen-bond donors (Lipinski definition) is 2. The zero-order valence-corrected chi connectivity index (χ0v) is 9.31. The Kier molecular flexibility index (Phi) is 3.34. The van der Waals surface area contributed by atoms with Crippen LogP contribution in [0.15, 0.2) is 17.8 Å². The molecule has 1 unspecified atom stereocenters. The second-order valence-corrected chi connectivity index (χ2v) is 3.49. The monoisotopic (exact) mass is 238 g/mol. The van der Waals surface area contributed by atoms with E-state index in [1.807, 2.05) is 0 Å². The molecule has 0 aliphatic carbocycles. The minimum Gasteiger partial charge on any atom is -0.480 e. The van der Waals surface area contributed by atoms with Crippen LogP contribution < -0.4 is 16.0 Å². The van der Waals surface area contributed by atoms with Crippen molar-refractivity contribution in [2.24, 2.45) is 5.84 Å². The quantitative estimate of drug-likeness (QED) is 0.566. The SMILES string of the molecule is COc1nccnc1C(NN)c1csnn1. The number of methoxy groups -OCH3 is 1. The number of hydrogen-bond acceptors (Lipinski definition) is 8. The Balaban J connectivity index is 2.41. The highest BCUT2D eigenvalue weighted by Gasteiger charge is 2.21. The van der Waals surface area contributed by atoms with Gasteiger partial charge in [0.15, 0.2) is 0 Å². The van der Waals surface area contributed by atoms with Crippen LogP contribution in [-0.2, 0) is 0 Å². The van der Waals surface area contributed by atoms with E-state index in [0.29, 0.717) is 17.3 Å². The zero-order chi connectivity index (χ0) is 11.4. The zero-order valence-electron chi connectivity index (χ0n) is 8.49. The fourth-order valence-corrected chi connectivity index (χ4v) is 1.77. The summed E-state index contributed by atoms with van der Waals surface area (Å²) < 4.78 is 8.89. The third-order valence-corrected chi connectivity index (χ3v) is 2.52. The fraction of sp³-hybridized carbons (Fsp3) is 0.250. The third-order valence-electron chi connectivity index (χ3n) is 2.00. The third kappa shape index (κ3) is 1.98.